The summed E-state index contributed by atoms with van der Waals surface area (Å²) < 4.78 is 6.20. The van der Waals surface area contributed by atoms with Gasteiger partial charge in [-0.15, -0.1) is 11.3 Å². The van der Waals surface area contributed by atoms with Gasteiger partial charge in [0.05, 0.1) is 15.7 Å². The molecule has 6 aromatic rings. The van der Waals surface area contributed by atoms with E-state index in [0.29, 0.717) is 0 Å². The van der Waals surface area contributed by atoms with Gasteiger partial charge in [0.25, 0.3) is 0 Å². The van der Waals surface area contributed by atoms with E-state index in [1.807, 2.05) is 11.3 Å². The predicted molar refractivity (Wildman–Crippen MR) is 121 cm³/mol. The lowest BCUT2D eigenvalue weighted by Gasteiger charge is -2.08. The van der Waals surface area contributed by atoms with Gasteiger partial charge in [0, 0.05) is 36.4 Å². The number of rotatable bonds is 1. The Morgan fingerprint density at radius 2 is 1.33 bits per heavy atom. The first-order valence-electron chi connectivity index (χ1n) is 8.90. The Morgan fingerprint density at radius 1 is 0.630 bits per heavy atom. The highest BCUT2D eigenvalue weighted by Crippen LogP contribution is 2.42. The van der Waals surface area contributed by atoms with E-state index in [2.05, 4.69) is 105 Å². The van der Waals surface area contributed by atoms with Crippen LogP contribution in [-0.2, 0) is 0 Å². The fourth-order valence-electron chi connectivity index (χ4n) is 4.09. The summed E-state index contributed by atoms with van der Waals surface area (Å²) in [5.74, 6) is 0. The van der Waals surface area contributed by atoms with Crippen LogP contribution in [0.3, 0.4) is 0 Å². The molecule has 0 fully saturated rings. The van der Waals surface area contributed by atoms with Crippen LogP contribution in [0.15, 0.2) is 89.4 Å². The molecule has 6 rings (SSSR count). The Labute approximate surface area is 168 Å². The quantitative estimate of drug-likeness (QED) is 0.251. The number of para-hydroxylation sites is 1. The maximum atomic E-state index is 3.56. The van der Waals surface area contributed by atoms with Gasteiger partial charge in [-0.25, -0.2) is 0 Å². The molecule has 0 atom stereocenters. The molecule has 0 radical (unpaired) electrons. The van der Waals surface area contributed by atoms with Crippen LogP contribution in [-0.4, -0.2) is 4.57 Å². The predicted octanol–water partition coefficient (Wildman–Crippen LogP) is 7.91. The molecule has 2 aromatic heterocycles. The first-order chi connectivity index (χ1) is 13.3. The molecule has 0 unspecified atom stereocenters. The van der Waals surface area contributed by atoms with Crippen LogP contribution in [0, 0.1) is 0 Å². The summed E-state index contributed by atoms with van der Waals surface area (Å²) in [7, 11) is 0. The molecule has 0 amide bonds. The third-order valence-electron chi connectivity index (χ3n) is 5.26. The summed E-state index contributed by atoms with van der Waals surface area (Å²) in [4.78, 5) is 0. The second-order valence-corrected chi connectivity index (χ2v) is 8.73. The molecule has 0 aliphatic carbocycles. The van der Waals surface area contributed by atoms with Crippen molar-refractivity contribution in [2.75, 3.05) is 0 Å². The average Bonchev–Trinajstić information content (AvgIpc) is 3.24. The van der Waals surface area contributed by atoms with Crippen molar-refractivity contribution in [1.82, 2.24) is 4.57 Å². The zero-order valence-corrected chi connectivity index (χ0v) is 16.7. The van der Waals surface area contributed by atoms with Gasteiger partial charge in [-0.3, -0.25) is 0 Å². The van der Waals surface area contributed by atoms with Gasteiger partial charge in [0.15, 0.2) is 0 Å². The Balaban J connectivity index is 1.88. The summed E-state index contributed by atoms with van der Waals surface area (Å²) in [6, 6.07) is 30.6. The fraction of sp³-hybridized carbons (Fsp3) is 0. The normalized spacial score (nSPS) is 11.9. The summed E-state index contributed by atoms with van der Waals surface area (Å²) in [6.45, 7) is 0. The van der Waals surface area contributed by atoms with Crippen LogP contribution in [0.5, 0.6) is 0 Å². The Morgan fingerprint density at radius 3 is 2.19 bits per heavy atom. The van der Waals surface area contributed by atoms with E-state index in [0.717, 1.165) is 4.47 Å². The van der Waals surface area contributed by atoms with Crippen molar-refractivity contribution in [3.63, 3.8) is 0 Å². The zero-order valence-electron chi connectivity index (χ0n) is 14.3. The zero-order chi connectivity index (χ0) is 18.0. The lowest BCUT2D eigenvalue weighted by atomic mass is 10.1. The van der Waals surface area contributed by atoms with Gasteiger partial charge in [-0.05, 0) is 36.4 Å². The molecule has 4 aromatic carbocycles. The number of thiophene rings is 1. The van der Waals surface area contributed by atoms with Crippen LogP contribution in [0.25, 0.3) is 47.7 Å². The molecule has 2 heterocycles. The second-order valence-electron chi connectivity index (χ2n) is 6.77. The van der Waals surface area contributed by atoms with Gasteiger partial charge in [-0.1, -0.05) is 64.5 Å². The summed E-state index contributed by atoms with van der Waals surface area (Å²) in [5, 5.41) is 5.29. The Kier molecular flexibility index (Phi) is 3.25. The molecule has 1 nitrogen and oxygen atoms in total. The van der Waals surface area contributed by atoms with Crippen molar-refractivity contribution in [3.8, 4) is 5.69 Å². The van der Waals surface area contributed by atoms with E-state index < -0.39 is 0 Å². The molecule has 27 heavy (non-hydrogen) atoms. The van der Waals surface area contributed by atoms with E-state index in [-0.39, 0.29) is 0 Å². The lowest BCUT2D eigenvalue weighted by Crippen LogP contribution is -1.93. The molecule has 3 heteroatoms. The number of hydrogen-bond donors (Lipinski definition) is 0. The molecule has 0 saturated heterocycles. The van der Waals surface area contributed by atoms with Crippen molar-refractivity contribution in [1.29, 1.82) is 0 Å². The molecular formula is C24H14BrNS. The van der Waals surface area contributed by atoms with Crippen LogP contribution in [0.4, 0.5) is 0 Å². The summed E-state index contributed by atoms with van der Waals surface area (Å²) >= 11 is 5.45. The Hall–Kier alpha value is -2.62. The first-order valence-corrected chi connectivity index (χ1v) is 10.5. The second kappa shape index (κ2) is 5.69. The molecule has 128 valence electrons. The van der Waals surface area contributed by atoms with Crippen LogP contribution in [0.2, 0.25) is 0 Å². The molecule has 0 aliphatic rings. The highest BCUT2D eigenvalue weighted by molar-refractivity contribution is 9.10. The SMILES string of the molecule is Brc1ccc(-n2c3ccccc3c3ccc4c5ccccc5sc4c32)cc1. The fourth-order valence-corrected chi connectivity index (χ4v) is 5.59. The minimum absolute atomic E-state index is 1.10. The minimum atomic E-state index is 1.10. The van der Waals surface area contributed by atoms with E-state index in [9.17, 15) is 0 Å². The first kappa shape index (κ1) is 15.4. The summed E-state index contributed by atoms with van der Waals surface area (Å²) in [6.07, 6.45) is 0. The van der Waals surface area contributed by atoms with Crippen molar-refractivity contribution < 1.29 is 0 Å². The van der Waals surface area contributed by atoms with E-state index >= 15 is 0 Å². The van der Waals surface area contributed by atoms with Gasteiger partial charge in [0.2, 0.25) is 0 Å². The number of halogens is 1. The van der Waals surface area contributed by atoms with Crippen molar-refractivity contribution in [2.45, 2.75) is 0 Å². The van der Waals surface area contributed by atoms with Crippen LogP contribution < -0.4 is 0 Å². The van der Waals surface area contributed by atoms with Crippen LogP contribution in [0.1, 0.15) is 0 Å². The largest absolute Gasteiger partial charge is 0.308 e. The topological polar surface area (TPSA) is 4.93 Å². The van der Waals surface area contributed by atoms with E-state index in [1.165, 1.54) is 47.7 Å². The summed E-state index contributed by atoms with van der Waals surface area (Å²) in [5.41, 5.74) is 3.74. The van der Waals surface area contributed by atoms with Crippen LogP contribution >= 0.6 is 27.3 Å². The molecule has 0 N–H and O–H groups in total. The highest BCUT2D eigenvalue weighted by atomic mass is 79.9. The minimum Gasteiger partial charge on any atom is -0.308 e. The standard InChI is InChI=1S/C24H14BrNS/c25-15-9-11-16(12-10-15)26-21-7-3-1-5-17(21)19-13-14-20-18-6-2-4-8-22(18)27-24(20)23(19)26/h1-14H. The van der Waals surface area contributed by atoms with Gasteiger partial charge in [0.1, 0.15) is 0 Å². The van der Waals surface area contributed by atoms with Crippen molar-refractivity contribution >= 4 is 69.2 Å². The maximum absolute atomic E-state index is 3.56. The van der Waals surface area contributed by atoms with E-state index in [4.69, 9.17) is 0 Å². The lowest BCUT2D eigenvalue weighted by molar-refractivity contribution is 1.19. The smallest absolute Gasteiger partial charge is 0.0719 e. The van der Waals surface area contributed by atoms with Crippen molar-refractivity contribution in [2.24, 2.45) is 0 Å². The number of aromatic nitrogens is 1. The Bertz CT molecular complexity index is 1470. The van der Waals surface area contributed by atoms with Crippen molar-refractivity contribution in [3.05, 3.63) is 89.4 Å². The number of fused-ring (bicyclic) bond motifs is 7. The number of hydrogen-bond acceptors (Lipinski definition) is 1. The number of nitrogens with zero attached hydrogens (tertiary/aromatic N) is 1. The van der Waals surface area contributed by atoms with Gasteiger partial charge >= 0.3 is 0 Å². The monoisotopic (exact) mass is 427 g/mol. The van der Waals surface area contributed by atoms with Gasteiger partial charge < -0.3 is 4.57 Å². The third-order valence-corrected chi connectivity index (χ3v) is 6.99. The third kappa shape index (κ3) is 2.16. The highest BCUT2D eigenvalue weighted by Gasteiger charge is 2.17. The average molecular weight is 428 g/mol. The number of benzene rings is 4. The van der Waals surface area contributed by atoms with E-state index in [1.54, 1.807) is 0 Å². The molecule has 0 spiro atoms. The van der Waals surface area contributed by atoms with Gasteiger partial charge in [-0.2, -0.15) is 0 Å². The molecular weight excluding hydrogens is 414 g/mol. The molecule has 0 saturated carbocycles. The maximum Gasteiger partial charge on any atom is 0.0719 e. The molecule has 0 aliphatic heterocycles. The molecule has 0 bridgehead atoms.